The van der Waals surface area contributed by atoms with E-state index < -0.39 is 0 Å². The molecule has 0 spiro atoms. The first-order valence-electron chi connectivity index (χ1n) is 10.8. The van der Waals surface area contributed by atoms with Gasteiger partial charge in [0.2, 0.25) is 0 Å². The molecule has 0 amide bonds. The number of hydrogen-bond donors (Lipinski definition) is 2. The number of aromatic amines is 1. The molecular weight excluding hydrogens is 416 g/mol. The molecule has 1 aromatic carbocycles. The number of aromatic nitrogens is 5. The molecule has 0 saturated carbocycles. The van der Waals surface area contributed by atoms with Gasteiger partial charge in [-0.05, 0) is 35.2 Å². The van der Waals surface area contributed by atoms with Gasteiger partial charge in [-0.25, -0.2) is 4.98 Å². The van der Waals surface area contributed by atoms with Crippen LogP contribution in [-0.4, -0.2) is 57.1 Å². The molecule has 5 aromatic rings. The number of ether oxygens (including phenoxy) is 1. The molecule has 9 heteroatoms. The van der Waals surface area contributed by atoms with Crippen LogP contribution in [0, 0.1) is 0 Å². The Kier molecular flexibility index (Phi) is 4.93. The number of pyridine rings is 1. The van der Waals surface area contributed by atoms with Gasteiger partial charge in [0.05, 0.1) is 25.1 Å². The van der Waals surface area contributed by atoms with Crippen molar-refractivity contribution in [2.75, 3.05) is 36.6 Å². The third kappa shape index (κ3) is 3.90. The van der Waals surface area contributed by atoms with Crippen molar-refractivity contribution >= 4 is 34.4 Å². The number of anilines is 2. The number of H-pyrrole nitrogens is 1. The maximum Gasteiger partial charge on any atom is 0.160 e. The summed E-state index contributed by atoms with van der Waals surface area (Å²) in [5, 5.41) is 10.4. The Labute approximate surface area is 189 Å². The molecule has 9 nitrogen and oxygen atoms in total. The Morgan fingerprint density at radius 2 is 1.91 bits per heavy atom. The van der Waals surface area contributed by atoms with Crippen LogP contribution in [0.15, 0.2) is 72.2 Å². The number of rotatable bonds is 5. The molecule has 1 aliphatic rings. The van der Waals surface area contributed by atoms with Crippen LogP contribution in [0.1, 0.15) is 5.56 Å². The highest BCUT2D eigenvalue weighted by Crippen LogP contribution is 2.25. The van der Waals surface area contributed by atoms with Crippen molar-refractivity contribution in [2.45, 2.75) is 0 Å². The van der Waals surface area contributed by atoms with E-state index in [1.807, 2.05) is 47.1 Å². The lowest BCUT2D eigenvalue weighted by Crippen LogP contribution is -2.37. The first-order chi connectivity index (χ1) is 16.3. The van der Waals surface area contributed by atoms with Gasteiger partial charge in [0.1, 0.15) is 5.82 Å². The second kappa shape index (κ2) is 8.36. The van der Waals surface area contributed by atoms with Crippen molar-refractivity contribution < 1.29 is 4.74 Å². The predicted molar refractivity (Wildman–Crippen MR) is 129 cm³/mol. The Balaban J connectivity index is 1.34. The molecule has 1 fully saturated rings. The SMILES string of the molecule is C(=N\Nc1cc(N2CCOCC2)n2nc(-c3ccncc3)cc2n1)/c1ccc2cc[nH]c2c1. The maximum absolute atomic E-state index is 5.54. The van der Waals surface area contributed by atoms with Gasteiger partial charge in [0.15, 0.2) is 11.5 Å². The average molecular weight is 438 g/mol. The Bertz CT molecular complexity index is 1430. The Morgan fingerprint density at radius 1 is 1.03 bits per heavy atom. The summed E-state index contributed by atoms with van der Waals surface area (Å²) in [5.41, 5.74) is 7.76. The van der Waals surface area contributed by atoms with E-state index in [2.05, 4.69) is 37.5 Å². The number of fused-ring (bicyclic) bond motifs is 2. The molecular formula is C24H22N8O. The summed E-state index contributed by atoms with van der Waals surface area (Å²) < 4.78 is 7.43. The number of nitrogens with zero attached hydrogens (tertiary/aromatic N) is 6. The second-order valence-corrected chi connectivity index (χ2v) is 7.83. The van der Waals surface area contributed by atoms with E-state index >= 15 is 0 Å². The van der Waals surface area contributed by atoms with E-state index in [1.165, 1.54) is 5.39 Å². The highest BCUT2D eigenvalue weighted by atomic mass is 16.5. The minimum atomic E-state index is 0.655. The molecule has 0 aliphatic carbocycles. The van der Waals surface area contributed by atoms with Crippen LogP contribution in [-0.2, 0) is 4.74 Å². The van der Waals surface area contributed by atoms with Crippen molar-refractivity contribution in [3.05, 3.63) is 72.7 Å². The highest BCUT2D eigenvalue weighted by Gasteiger charge is 2.18. The molecule has 2 N–H and O–H groups in total. The first-order valence-corrected chi connectivity index (χ1v) is 10.8. The van der Waals surface area contributed by atoms with E-state index in [-0.39, 0.29) is 0 Å². The summed E-state index contributed by atoms with van der Waals surface area (Å²) in [4.78, 5) is 14.3. The average Bonchev–Trinajstić information content (AvgIpc) is 3.51. The number of hydrogen-bond acceptors (Lipinski definition) is 7. The fourth-order valence-electron chi connectivity index (χ4n) is 4.02. The number of hydrazone groups is 1. The fourth-order valence-corrected chi connectivity index (χ4v) is 4.02. The third-order valence-electron chi connectivity index (χ3n) is 5.69. The summed E-state index contributed by atoms with van der Waals surface area (Å²) in [6.45, 7) is 2.96. The van der Waals surface area contributed by atoms with E-state index in [4.69, 9.17) is 14.8 Å². The molecule has 164 valence electrons. The van der Waals surface area contributed by atoms with Crippen LogP contribution in [0.2, 0.25) is 0 Å². The lowest BCUT2D eigenvalue weighted by Gasteiger charge is -2.29. The van der Waals surface area contributed by atoms with Crippen LogP contribution in [0.3, 0.4) is 0 Å². The van der Waals surface area contributed by atoms with Crippen LogP contribution in [0.25, 0.3) is 27.8 Å². The zero-order valence-corrected chi connectivity index (χ0v) is 17.8. The smallest absolute Gasteiger partial charge is 0.160 e. The van der Waals surface area contributed by atoms with E-state index in [1.54, 1.807) is 18.6 Å². The second-order valence-electron chi connectivity index (χ2n) is 7.83. The Hall–Kier alpha value is -4.24. The normalized spacial score (nSPS) is 14.5. The molecule has 0 radical (unpaired) electrons. The summed E-state index contributed by atoms with van der Waals surface area (Å²) in [7, 11) is 0. The van der Waals surface area contributed by atoms with Gasteiger partial charge in [-0.15, -0.1) is 0 Å². The summed E-state index contributed by atoms with van der Waals surface area (Å²) in [5.74, 6) is 1.61. The molecule has 4 aromatic heterocycles. The third-order valence-corrected chi connectivity index (χ3v) is 5.69. The molecule has 1 saturated heterocycles. The minimum Gasteiger partial charge on any atom is -0.378 e. The van der Waals surface area contributed by atoms with E-state index in [0.29, 0.717) is 19.0 Å². The quantitative estimate of drug-likeness (QED) is 0.322. The van der Waals surface area contributed by atoms with Gasteiger partial charge >= 0.3 is 0 Å². The largest absolute Gasteiger partial charge is 0.378 e. The molecule has 1 aliphatic heterocycles. The van der Waals surface area contributed by atoms with Crippen LogP contribution in [0.4, 0.5) is 11.6 Å². The molecule has 5 heterocycles. The summed E-state index contributed by atoms with van der Waals surface area (Å²) in [6.07, 6.45) is 7.26. The first kappa shape index (κ1) is 19.4. The predicted octanol–water partition coefficient (Wildman–Crippen LogP) is 3.56. The fraction of sp³-hybridized carbons (Fsp3) is 0.167. The summed E-state index contributed by atoms with van der Waals surface area (Å²) >= 11 is 0. The van der Waals surface area contributed by atoms with Gasteiger partial charge in [-0.3, -0.25) is 10.4 Å². The topological polar surface area (TPSA) is 95.7 Å². The highest BCUT2D eigenvalue weighted by molar-refractivity contribution is 5.89. The molecule has 0 bridgehead atoms. The lowest BCUT2D eigenvalue weighted by atomic mass is 10.2. The molecule has 0 unspecified atom stereocenters. The molecule has 6 rings (SSSR count). The molecule has 0 atom stereocenters. The van der Waals surface area contributed by atoms with Gasteiger partial charge < -0.3 is 14.6 Å². The van der Waals surface area contributed by atoms with Crippen LogP contribution >= 0.6 is 0 Å². The van der Waals surface area contributed by atoms with Gasteiger partial charge in [0.25, 0.3) is 0 Å². The van der Waals surface area contributed by atoms with Gasteiger partial charge in [0, 0.05) is 54.9 Å². The van der Waals surface area contributed by atoms with Crippen molar-refractivity contribution in [3.63, 3.8) is 0 Å². The lowest BCUT2D eigenvalue weighted by molar-refractivity contribution is 0.122. The number of benzene rings is 1. The summed E-state index contributed by atoms with van der Waals surface area (Å²) in [6, 6.07) is 16.1. The Morgan fingerprint density at radius 3 is 2.79 bits per heavy atom. The van der Waals surface area contributed by atoms with Crippen molar-refractivity contribution in [1.29, 1.82) is 0 Å². The monoisotopic (exact) mass is 438 g/mol. The van der Waals surface area contributed by atoms with Crippen LogP contribution < -0.4 is 10.3 Å². The van der Waals surface area contributed by atoms with Crippen LogP contribution in [0.5, 0.6) is 0 Å². The number of nitrogens with one attached hydrogen (secondary N) is 2. The zero-order chi connectivity index (χ0) is 22.0. The standard InChI is InChI=1S/C24H22N8O/c1-2-18-5-8-26-20(18)13-17(1)16-27-29-22-15-24(31-9-11-33-12-10-31)32-23(28-22)14-21(30-32)19-3-6-25-7-4-19/h1-8,13-16,26H,9-12H2,(H,28,29)/b27-16+. The van der Waals surface area contributed by atoms with Gasteiger partial charge in [-0.1, -0.05) is 12.1 Å². The van der Waals surface area contributed by atoms with Gasteiger partial charge in [-0.2, -0.15) is 14.7 Å². The zero-order valence-electron chi connectivity index (χ0n) is 17.8. The minimum absolute atomic E-state index is 0.655. The van der Waals surface area contributed by atoms with Crippen molar-refractivity contribution in [3.8, 4) is 11.3 Å². The van der Waals surface area contributed by atoms with Crippen molar-refractivity contribution in [1.82, 2.24) is 24.6 Å². The molecule has 33 heavy (non-hydrogen) atoms. The van der Waals surface area contributed by atoms with E-state index in [0.717, 1.165) is 46.9 Å². The van der Waals surface area contributed by atoms with Crippen molar-refractivity contribution in [2.24, 2.45) is 5.10 Å². The number of morpholine rings is 1. The van der Waals surface area contributed by atoms with E-state index in [9.17, 15) is 0 Å². The maximum atomic E-state index is 5.54.